The molecule has 0 unspecified atom stereocenters. The molecule has 9 heteroatoms. The Balaban J connectivity index is 1.44. The lowest BCUT2D eigenvalue weighted by Crippen LogP contribution is -2.37. The standard InChI is InChI=1S/C24H35N5O3S/c1-16(2)19-11-10-17(3)12-20(19)32-14-22(30)25-13-21-27-28-24(29(21)4)33-15-23(31)26-18-8-6-5-7-9-18/h10-12,16,18H,5-9,13-15H2,1-4H3,(H,25,30)(H,26,31). The fraction of sp³-hybridized carbons (Fsp3) is 0.583. The summed E-state index contributed by atoms with van der Waals surface area (Å²) >= 11 is 1.35. The summed E-state index contributed by atoms with van der Waals surface area (Å²) in [6, 6.07) is 6.35. The van der Waals surface area contributed by atoms with Crippen LogP contribution >= 0.6 is 11.8 Å². The highest BCUT2D eigenvalue weighted by Crippen LogP contribution is 2.27. The fourth-order valence-corrected chi connectivity index (χ4v) is 4.63. The van der Waals surface area contributed by atoms with Crippen molar-refractivity contribution in [1.29, 1.82) is 0 Å². The summed E-state index contributed by atoms with van der Waals surface area (Å²) in [5.41, 5.74) is 2.17. The number of hydrogen-bond acceptors (Lipinski definition) is 6. The van der Waals surface area contributed by atoms with Gasteiger partial charge in [-0.2, -0.15) is 0 Å². The zero-order valence-electron chi connectivity index (χ0n) is 20.0. The smallest absolute Gasteiger partial charge is 0.258 e. The van der Waals surface area contributed by atoms with Crippen LogP contribution < -0.4 is 15.4 Å². The van der Waals surface area contributed by atoms with Gasteiger partial charge < -0.3 is 19.9 Å². The van der Waals surface area contributed by atoms with E-state index in [1.54, 1.807) is 4.57 Å². The number of rotatable bonds is 10. The van der Waals surface area contributed by atoms with E-state index in [1.165, 1.54) is 31.0 Å². The first-order chi connectivity index (χ1) is 15.8. The summed E-state index contributed by atoms with van der Waals surface area (Å²) in [7, 11) is 1.83. The first-order valence-corrected chi connectivity index (χ1v) is 12.6. The molecule has 0 saturated heterocycles. The predicted molar refractivity (Wildman–Crippen MR) is 129 cm³/mol. The molecule has 1 fully saturated rings. The number of hydrogen-bond donors (Lipinski definition) is 2. The van der Waals surface area contributed by atoms with E-state index in [0.29, 0.717) is 28.7 Å². The molecular formula is C24H35N5O3S. The average Bonchev–Trinajstić information content (AvgIpc) is 3.14. The summed E-state index contributed by atoms with van der Waals surface area (Å²) in [5.74, 6) is 1.77. The molecule has 1 heterocycles. The lowest BCUT2D eigenvalue weighted by molar-refractivity contribution is -0.123. The molecule has 0 atom stereocenters. The molecule has 0 spiro atoms. The Bertz CT molecular complexity index is 954. The highest BCUT2D eigenvalue weighted by molar-refractivity contribution is 7.99. The summed E-state index contributed by atoms with van der Waals surface area (Å²) in [6.45, 7) is 6.37. The van der Waals surface area contributed by atoms with E-state index in [4.69, 9.17) is 4.74 Å². The Morgan fingerprint density at radius 2 is 1.94 bits per heavy atom. The number of nitrogens with zero attached hydrogens (tertiary/aromatic N) is 3. The molecule has 0 aliphatic heterocycles. The Morgan fingerprint density at radius 1 is 1.18 bits per heavy atom. The first-order valence-electron chi connectivity index (χ1n) is 11.6. The number of carbonyl (C=O) groups is 2. The van der Waals surface area contributed by atoms with Gasteiger partial charge in [-0.1, -0.05) is 57.0 Å². The van der Waals surface area contributed by atoms with Crippen LogP contribution in [0.2, 0.25) is 0 Å². The third kappa shape index (κ3) is 7.48. The number of nitrogens with one attached hydrogen (secondary N) is 2. The van der Waals surface area contributed by atoms with Crippen LogP contribution in [0.3, 0.4) is 0 Å². The predicted octanol–water partition coefficient (Wildman–Crippen LogP) is 3.48. The van der Waals surface area contributed by atoms with Crippen molar-refractivity contribution in [1.82, 2.24) is 25.4 Å². The van der Waals surface area contributed by atoms with Gasteiger partial charge in [0.1, 0.15) is 5.75 Å². The Labute approximate surface area is 200 Å². The largest absolute Gasteiger partial charge is 0.483 e. The zero-order chi connectivity index (χ0) is 23.8. The van der Waals surface area contributed by atoms with E-state index in [2.05, 4.69) is 34.7 Å². The van der Waals surface area contributed by atoms with Crippen molar-refractivity contribution in [2.45, 2.75) is 76.5 Å². The maximum atomic E-state index is 12.3. The van der Waals surface area contributed by atoms with E-state index < -0.39 is 0 Å². The lowest BCUT2D eigenvalue weighted by Gasteiger charge is -2.22. The Hall–Kier alpha value is -2.55. The van der Waals surface area contributed by atoms with Crippen LogP contribution in [0.4, 0.5) is 0 Å². The van der Waals surface area contributed by atoms with Gasteiger partial charge in [0, 0.05) is 13.1 Å². The van der Waals surface area contributed by atoms with Crippen LogP contribution in [0.15, 0.2) is 23.4 Å². The van der Waals surface area contributed by atoms with Crippen LogP contribution in [0.25, 0.3) is 0 Å². The molecule has 1 saturated carbocycles. The average molecular weight is 474 g/mol. The molecule has 0 radical (unpaired) electrons. The molecule has 1 aromatic carbocycles. The summed E-state index contributed by atoms with van der Waals surface area (Å²) in [4.78, 5) is 24.6. The van der Waals surface area contributed by atoms with Gasteiger partial charge in [-0.3, -0.25) is 9.59 Å². The molecule has 1 aromatic heterocycles. The molecule has 3 rings (SSSR count). The second-order valence-corrected chi connectivity index (χ2v) is 9.85. The summed E-state index contributed by atoms with van der Waals surface area (Å²) in [6.07, 6.45) is 5.76. The molecule has 2 N–H and O–H groups in total. The van der Waals surface area contributed by atoms with Crippen LogP contribution in [-0.4, -0.2) is 45.0 Å². The number of ether oxygens (including phenoxy) is 1. The van der Waals surface area contributed by atoms with E-state index in [9.17, 15) is 9.59 Å². The normalized spacial score (nSPS) is 14.3. The van der Waals surface area contributed by atoms with Crippen molar-refractivity contribution in [2.75, 3.05) is 12.4 Å². The number of aromatic nitrogens is 3. The number of aryl methyl sites for hydroxylation is 1. The van der Waals surface area contributed by atoms with Gasteiger partial charge in [0.2, 0.25) is 5.91 Å². The first kappa shape index (κ1) is 25.1. The Morgan fingerprint density at radius 3 is 2.67 bits per heavy atom. The van der Waals surface area contributed by atoms with Crippen LogP contribution in [0, 0.1) is 6.92 Å². The summed E-state index contributed by atoms with van der Waals surface area (Å²) < 4.78 is 7.59. The van der Waals surface area contributed by atoms with E-state index in [0.717, 1.165) is 29.7 Å². The molecular weight excluding hydrogens is 438 g/mol. The monoisotopic (exact) mass is 473 g/mol. The molecule has 8 nitrogen and oxygen atoms in total. The van der Waals surface area contributed by atoms with Crippen molar-refractivity contribution in [3.05, 3.63) is 35.2 Å². The fourth-order valence-electron chi connectivity index (χ4n) is 3.89. The third-order valence-corrected chi connectivity index (χ3v) is 6.84. The van der Waals surface area contributed by atoms with E-state index in [1.807, 2.05) is 32.2 Å². The van der Waals surface area contributed by atoms with Gasteiger partial charge in [0.15, 0.2) is 17.6 Å². The van der Waals surface area contributed by atoms with Crippen LogP contribution in [0.1, 0.15) is 68.8 Å². The number of carbonyl (C=O) groups excluding carboxylic acids is 2. The molecule has 1 aliphatic carbocycles. The maximum absolute atomic E-state index is 12.3. The zero-order valence-corrected chi connectivity index (χ0v) is 20.8. The van der Waals surface area contributed by atoms with Crippen LogP contribution in [0.5, 0.6) is 5.75 Å². The molecule has 2 amide bonds. The Kier molecular flexibility index (Phi) is 9.17. The van der Waals surface area contributed by atoms with Crippen molar-refractivity contribution < 1.29 is 14.3 Å². The van der Waals surface area contributed by atoms with Gasteiger partial charge in [-0.25, -0.2) is 0 Å². The second-order valence-electron chi connectivity index (χ2n) is 8.91. The van der Waals surface area contributed by atoms with Gasteiger partial charge in [-0.15, -0.1) is 10.2 Å². The SMILES string of the molecule is Cc1ccc(C(C)C)c(OCC(=O)NCc2nnc(SCC(=O)NC3CCCCC3)n2C)c1. The topological polar surface area (TPSA) is 98.1 Å². The van der Waals surface area contributed by atoms with Gasteiger partial charge in [-0.05, 0) is 42.9 Å². The number of thioether (sulfide) groups is 1. The van der Waals surface area contributed by atoms with Gasteiger partial charge in [0.25, 0.3) is 5.91 Å². The third-order valence-electron chi connectivity index (χ3n) is 5.82. The minimum Gasteiger partial charge on any atom is -0.483 e. The van der Waals surface area contributed by atoms with Crippen molar-refractivity contribution in [3.63, 3.8) is 0 Å². The van der Waals surface area contributed by atoms with E-state index in [-0.39, 0.29) is 25.0 Å². The lowest BCUT2D eigenvalue weighted by atomic mass is 9.95. The quantitative estimate of drug-likeness (QED) is 0.513. The molecule has 33 heavy (non-hydrogen) atoms. The molecule has 0 bridgehead atoms. The molecule has 2 aromatic rings. The highest BCUT2D eigenvalue weighted by atomic mass is 32.2. The van der Waals surface area contributed by atoms with E-state index >= 15 is 0 Å². The van der Waals surface area contributed by atoms with Crippen molar-refractivity contribution in [2.24, 2.45) is 7.05 Å². The van der Waals surface area contributed by atoms with Crippen LogP contribution in [-0.2, 0) is 23.2 Å². The molecule has 180 valence electrons. The minimum absolute atomic E-state index is 0.0267. The molecule has 1 aliphatic rings. The number of benzene rings is 1. The van der Waals surface area contributed by atoms with Crippen molar-refractivity contribution in [3.8, 4) is 5.75 Å². The summed E-state index contributed by atoms with van der Waals surface area (Å²) in [5, 5.41) is 14.9. The van der Waals surface area contributed by atoms with Gasteiger partial charge >= 0.3 is 0 Å². The maximum Gasteiger partial charge on any atom is 0.258 e. The van der Waals surface area contributed by atoms with Crippen molar-refractivity contribution >= 4 is 23.6 Å². The van der Waals surface area contributed by atoms with Gasteiger partial charge in [0.05, 0.1) is 12.3 Å². The highest BCUT2D eigenvalue weighted by Gasteiger charge is 2.17. The minimum atomic E-state index is -0.227. The number of amides is 2. The second kappa shape index (κ2) is 12.1.